The largest absolute Gasteiger partial charge is 0.390 e. The molecule has 2 heterocycles. The minimum absolute atomic E-state index is 0.297. The highest BCUT2D eigenvalue weighted by molar-refractivity contribution is 7.86. The molecule has 3 rings (SSSR count). The van der Waals surface area contributed by atoms with Crippen molar-refractivity contribution in [2.75, 3.05) is 0 Å². The fraction of sp³-hybridized carbons (Fsp3) is 1.00. The molecular weight excluding hydrogens is 244 g/mol. The molecule has 0 aromatic rings. The van der Waals surface area contributed by atoms with E-state index in [1.807, 2.05) is 0 Å². The van der Waals surface area contributed by atoms with E-state index >= 15 is 0 Å². The molecule has 2 bridgehead atoms. The second kappa shape index (κ2) is 5.24. The Kier molecular flexibility index (Phi) is 3.82. The highest BCUT2D eigenvalue weighted by Crippen LogP contribution is 2.43. The van der Waals surface area contributed by atoms with E-state index in [4.69, 9.17) is 0 Å². The van der Waals surface area contributed by atoms with E-state index in [-0.39, 0.29) is 0 Å². The molecule has 2 unspecified atom stereocenters. The molecule has 2 nitrogen and oxygen atoms in total. The smallest absolute Gasteiger partial charge is 0.0673 e. The van der Waals surface area contributed by atoms with Gasteiger partial charge in [0.15, 0.2) is 0 Å². The van der Waals surface area contributed by atoms with E-state index in [1.165, 1.54) is 38.5 Å². The normalized spacial score (nSPS) is 45.9. The lowest BCUT2D eigenvalue weighted by Gasteiger charge is -2.45. The van der Waals surface area contributed by atoms with Crippen LogP contribution in [0.4, 0.5) is 0 Å². The average molecular weight is 270 g/mol. The molecule has 2 atom stereocenters. The van der Waals surface area contributed by atoms with Gasteiger partial charge >= 0.3 is 0 Å². The van der Waals surface area contributed by atoms with Crippen LogP contribution < -0.4 is 0 Å². The van der Waals surface area contributed by atoms with E-state index in [1.54, 1.807) is 0 Å². The van der Waals surface area contributed by atoms with E-state index in [2.05, 4.69) is 0 Å². The fourth-order valence-corrected chi connectivity index (χ4v) is 6.76. The third kappa shape index (κ3) is 2.67. The summed E-state index contributed by atoms with van der Waals surface area (Å²) in [7, 11) is -0.649. The standard InChI is InChI=1S/C15H26O2S/c16-15(9-12-5-2-1-3-6-12)10-13-7-4-8-14(11-15)18(13)17/h12-14,16H,1-11H2. The van der Waals surface area contributed by atoms with Crippen molar-refractivity contribution < 1.29 is 9.32 Å². The molecule has 2 saturated heterocycles. The zero-order chi connectivity index (χ0) is 12.6. The second-order valence-electron chi connectivity index (χ2n) is 6.84. The molecule has 0 aromatic heterocycles. The van der Waals surface area contributed by atoms with Gasteiger partial charge in [0.25, 0.3) is 0 Å². The molecule has 0 amide bonds. The lowest BCUT2D eigenvalue weighted by molar-refractivity contribution is -0.0154. The monoisotopic (exact) mass is 270 g/mol. The topological polar surface area (TPSA) is 37.3 Å². The predicted molar refractivity (Wildman–Crippen MR) is 74.9 cm³/mol. The van der Waals surface area contributed by atoms with E-state index in [0.717, 1.165) is 38.0 Å². The van der Waals surface area contributed by atoms with Crippen LogP contribution in [0.1, 0.15) is 70.6 Å². The molecule has 1 saturated carbocycles. The van der Waals surface area contributed by atoms with Crippen molar-refractivity contribution in [1.82, 2.24) is 0 Å². The maximum absolute atomic E-state index is 12.2. The van der Waals surface area contributed by atoms with Gasteiger partial charge in [0.1, 0.15) is 0 Å². The van der Waals surface area contributed by atoms with Gasteiger partial charge in [-0.1, -0.05) is 38.5 Å². The lowest BCUT2D eigenvalue weighted by Crippen LogP contribution is -2.49. The Morgan fingerprint density at radius 3 is 2.17 bits per heavy atom. The summed E-state index contributed by atoms with van der Waals surface area (Å²) in [5.41, 5.74) is -0.480. The molecule has 0 radical (unpaired) electrons. The third-order valence-corrected chi connectivity index (χ3v) is 7.44. The quantitative estimate of drug-likeness (QED) is 0.837. The Hall–Kier alpha value is 0.110. The van der Waals surface area contributed by atoms with Gasteiger partial charge in [0.05, 0.1) is 5.60 Å². The van der Waals surface area contributed by atoms with Crippen molar-refractivity contribution >= 4 is 10.8 Å². The van der Waals surface area contributed by atoms with E-state index in [9.17, 15) is 9.32 Å². The second-order valence-corrected chi connectivity index (χ2v) is 8.83. The highest BCUT2D eigenvalue weighted by Gasteiger charge is 2.46. The van der Waals surface area contributed by atoms with Crippen LogP contribution >= 0.6 is 0 Å². The minimum atomic E-state index is -0.649. The summed E-state index contributed by atoms with van der Waals surface area (Å²) in [6.07, 6.45) is 12.7. The van der Waals surface area contributed by atoms with Crippen molar-refractivity contribution in [2.24, 2.45) is 5.92 Å². The van der Waals surface area contributed by atoms with Gasteiger partial charge in [-0.15, -0.1) is 0 Å². The molecule has 2 aliphatic heterocycles. The minimum Gasteiger partial charge on any atom is -0.390 e. The van der Waals surface area contributed by atoms with Gasteiger partial charge in [-0.2, -0.15) is 0 Å². The number of fused-ring (bicyclic) bond motifs is 2. The van der Waals surface area contributed by atoms with Gasteiger partial charge in [-0.05, 0) is 38.0 Å². The molecule has 1 aliphatic carbocycles. The summed E-state index contributed by atoms with van der Waals surface area (Å²) >= 11 is 0. The summed E-state index contributed by atoms with van der Waals surface area (Å²) in [6, 6.07) is 0. The molecule has 3 heteroatoms. The Bertz CT molecular complexity index is 306. The molecule has 0 aromatic carbocycles. The Morgan fingerprint density at radius 2 is 1.56 bits per heavy atom. The van der Waals surface area contributed by atoms with Gasteiger partial charge in [-0.25, -0.2) is 0 Å². The van der Waals surface area contributed by atoms with Gasteiger partial charge in [0, 0.05) is 21.3 Å². The Morgan fingerprint density at radius 1 is 0.944 bits per heavy atom. The highest BCUT2D eigenvalue weighted by atomic mass is 32.2. The molecule has 0 spiro atoms. The molecule has 1 N–H and O–H groups in total. The van der Waals surface area contributed by atoms with E-state index < -0.39 is 16.4 Å². The van der Waals surface area contributed by atoms with Crippen molar-refractivity contribution in [3.63, 3.8) is 0 Å². The van der Waals surface area contributed by atoms with Crippen molar-refractivity contribution in [3.8, 4) is 0 Å². The fourth-order valence-electron chi connectivity index (χ4n) is 4.47. The number of rotatable bonds is 2. The average Bonchev–Trinajstić information content (AvgIpc) is 2.33. The van der Waals surface area contributed by atoms with Crippen molar-refractivity contribution in [1.29, 1.82) is 0 Å². The van der Waals surface area contributed by atoms with Crippen LogP contribution in [0.15, 0.2) is 0 Å². The molecule has 18 heavy (non-hydrogen) atoms. The maximum atomic E-state index is 12.2. The first kappa shape index (κ1) is 13.1. The van der Waals surface area contributed by atoms with Gasteiger partial charge in [0.2, 0.25) is 0 Å². The first-order valence-electron chi connectivity index (χ1n) is 7.78. The third-order valence-electron chi connectivity index (χ3n) is 5.32. The van der Waals surface area contributed by atoms with Gasteiger partial charge < -0.3 is 5.11 Å². The summed E-state index contributed by atoms with van der Waals surface area (Å²) < 4.78 is 12.2. The van der Waals surface area contributed by atoms with Crippen molar-refractivity contribution in [3.05, 3.63) is 0 Å². The van der Waals surface area contributed by atoms with E-state index in [0.29, 0.717) is 10.5 Å². The lowest BCUT2D eigenvalue weighted by atomic mass is 9.75. The zero-order valence-corrected chi connectivity index (χ0v) is 12.1. The summed E-state index contributed by atoms with van der Waals surface area (Å²) in [4.78, 5) is 0. The van der Waals surface area contributed by atoms with Crippen LogP contribution in [0.3, 0.4) is 0 Å². The summed E-state index contributed by atoms with van der Waals surface area (Å²) in [5, 5.41) is 11.5. The van der Waals surface area contributed by atoms with Crippen LogP contribution in [0.5, 0.6) is 0 Å². The summed E-state index contributed by atoms with van der Waals surface area (Å²) in [5.74, 6) is 0.732. The first-order chi connectivity index (χ1) is 8.66. The van der Waals surface area contributed by atoms with Gasteiger partial charge in [-0.3, -0.25) is 4.21 Å². The molecule has 3 aliphatic rings. The Labute approximate surface area is 113 Å². The van der Waals surface area contributed by atoms with Crippen LogP contribution in [-0.4, -0.2) is 25.4 Å². The number of aliphatic hydroxyl groups is 1. The number of hydrogen-bond donors (Lipinski definition) is 1. The molecule has 3 fully saturated rings. The predicted octanol–water partition coefficient (Wildman–Crippen LogP) is 3.15. The van der Waals surface area contributed by atoms with Crippen LogP contribution in [0.25, 0.3) is 0 Å². The Balaban J connectivity index is 1.65. The van der Waals surface area contributed by atoms with Crippen LogP contribution in [-0.2, 0) is 10.8 Å². The zero-order valence-electron chi connectivity index (χ0n) is 11.3. The SMILES string of the molecule is O=S1C2CCCC1CC(O)(CC1CCCCC1)C2. The van der Waals surface area contributed by atoms with Crippen LogP contribution in [0.2, 0.25) is 0 Å². The molecule has 104 valence electrons. The molecular formula is C15H26O2S. The first-order valence-corrected chi connectivity index (χ1v) is 9.06. The maximum Gasteiger partial charge on any atom is 0.0673 e. The van der Waals surface area contributed by atoms with Crippen LogP contribution in [0, 0.1) is 5.92 Å². The van der Waals surface area contributed by atoms with Crippen molar-refractivity contribution in [2.45, 2.75) is 86.7 Å². The summed E-state index contributed by atoms with van der Waals surface area (Å²) in [6.45, 7) is 0. The number of hydrogen-bond acceptors (Lipinski definition) is 2.